The van der Waals surface area contributed by atoms with Crippen molar-refractivity contribution in [1.29, 1.82) is 0 Å². The molecule has 0 fully saturated rings. The molecule has 0 spiro atoms. The van der Waals surface area contributed by atoms with Gasteiger partial charge in [-0.3, -0.25) is 0 Å². The monoisotopic (exact) mass is 183 g/mol. The van der Waals surface area contributed by atoms with Gasteiger partial charge in [0.15, 0.2) is 5.69 Å². The average molecular weight is 183 g/mol. The molecule has 1 aromatic heterocycles. The molecule has 0 aliphatic carbocycles. The Morgan fingerprint density at radius 1 is 1.77 bits per heavy atom. The van der Waals surface area contributed by atoms with E-state index in [0.717, 1.165) is 12.4 Å². The third-order valence-corrected chi connectivity index (χ3v) is 1.72. The SMILES string of the molecule is CCNCc1nc(C(=O)O)cn1C. The largest absolute Gasteiger partial charge is 0.476 e. The first-order chi connectivity index (χ1) is 6.15. The second-order valence-corrected chi connectivity index (χ2v) is 2.74. The summed E-state index contributed by atoms with van der Waals surface area (Å²) in [7, 11) is 1.78. The van der Waals surface area contributed by atoms with Crippen molar-refractivity contribution in [2.24, 2.45) is 7.05 Å². The first-order valence-corrected chi connectivity index (χ1v) is 4.11. The number of nitrogens with one attached hydrogen (secondary N) is 1. The highest BCUT2D eigenvalue weighted by molar-refractivity contribution is 5.85. The molecule has 2 N–H and O–H groups in total. The number of hydrogen-bond acceptors (Lipinski definition) is 3. The van der Waals surface area contributed by atoms with E-state index < -0.39 is 5.97 Å². The normalized spacial score (nSPS) is 10.3. The molecule has 0 radical (unpaired) electrons. The van der Waals surface area contributed by atoms with Crippen molar-refractivity contribution in [3.8, 4) is 0 Å². The van der Waals surface area contributed by atoms with Gasteiger partial charge in [0.2, 0.25) is 0 Å². The third-order valence-electron chi connectivity index (χ3n) is 1.72. The molecule has 0 saturated heterocycles. The second-order valence-electron chi connectivity index (χ2n) is 2.74. The number of aromatic carboxylic acids is 1. The van der Waals surface area contributed by atoms with E-state index >= 15 is 0 Å². The highest BCUT2D eigenvalue weighted by atomic mass is 16.4. The third kappa shape index (κ3) is 2.29. The van der Waals surface area contributed by atoms with Crippen molar-refractivity contribution in [2.75, 3.05) is 6.54 Å². The highest BCUT2D eigenvalue weighted by Crippen LogP contribution is 2.00. The van der Waals surface area contributed by atoms with Crippen LogP contribution in [0.4, 0.5) is 0 Å². The standard InChI is InChI=1S/C8H13N3O2/c1-3-9-4-7-10-6(8(12)13)5-11(7)2/h5,9H,3-4H2,1-2H3,(H,12,13). The molecule has 1 heterocycles. The lowest BCUT2D eigenvalue weighted by molar-refractivity contribution is 0.0691. The lowest BCUT2D eigenvalue weighted by Crippen LogP contribution is -2.15. The van der Waals surface area contributed by atoms with Crippen LogP contribution in [0.5, 0.6) is 0 Å². The summed E-state index contributed by atoms with van der Waals surface area (Å²) in [6.07, 6.45) is 1.51. The van der Waals surface area contributed by atoms with Gasteiger partial charge in [-0.15, -0.1) is 0 Å². The van der Waals surface area contributed by atoms with Crippen molar-refractivity contribution in [3.63, 3.8) is 0 Å². The van der Waals surface area contributed by atoms with Crippen molar-refractivity contribution in [2.45, 2.75) is 13.5 Å². The smallest absolute Gasteiger partial charge is 0.356 e. The van der Waals surface area contributed by atoms with Crippen LogP contribution in [0.2, 0.25) is 0 Å². The topological polar surface area (TPSA) is 67.2 Å². The van der Waals surface area contributed by atoms with Gasteiger partial charge in [-0.25, -0.2) is 9.78 Å². The number of carboxylic acid groups (broad SMARTS) is 1. The van der Waals surface area contributed by atoms with Crippen LogP contribution < -0.4 is 5.32 Å². The Hall–Kier alpha value is -1.36. The van der Waals surface area contributed by atoms with Gasteiger partial charge in [-0.1, -0.05) is 6.92 Å². The van der Waals surface area contributed by atoms with E-state index in [1.807, 2.05) is 6.92 Å². The molecule has 5 nitrogen and oxygen atoms in total. The van der Waals surface area contributed by atoms with Gasteiger partial charge < -0.3 is 15.0 Å². The fraction of sp³-hybridized carbons (Fsp3) is 0.500. The minimum Gasteiger partial charge on any atom is -0.476 e. The van der Waals surface area contributed by atoms with Crippen molar-refractivity contribution in [3.05, 3.63) is 17.7 Å². The lowest BCUT2D eigenvalue weighted by Gasteiger charge is -2.00. The fourth-order valence-corrected chi connectivity index (χ4v) is 1.01. The number of carbonyl (C=O) groups is 1. The van der Waals surface area contributed by atoms with Crippen LogP contribution in [-0.2, 0) is 13.6 Å². The van der Waals surface area contributed by atoms with Gasteiger partial charge in [-0.05, 0) is 6.54 Å². The highest BCUT2D eigenvalue weighted by Gasteiger charge is 2.09. The number of hydrogen-bond donors (Lipinski definition) is 2. The maximum atomic E-state index is 10.5. The van der Waals surface area contributed by atoms with E-state index in [1.165, 1.54) is 6.20 Å². The summed E-state index contributed by atoms with van der Waals surface area (Å²) in [5.74, 6) is -0.252. The van der Waals surface area contributed by atoms with Crippen LogP contribution in [0, 0.1) is 0 Å². The first-order valence-electron chi connectivity index (χ1n) is 4.11. The molecule has 0 atom stereocenters. The first kappa shape index (κ1) is 9.73. The van der Waals surface area contributed by atoms with E-state index in [4.69, 9.17) is 5.11 Å². The van der Waals surface area contributed by atoms with E-state index in [1.54, 1.807) is 11.6 Å². The summed E-state index contributed by atoms with van der Waals surface area (Å²) < 4.78 is 1.71. The molecular formula is C8H13N3O2. The lowest BCUT2D eigenvalue weighted by atomic mass is 10.5. The molecule has 1 aromatic rings. The Bertz CT molecular complexity index is 306. The van der Waals surface area contributed by atoms with Gasteiger partial charge in [0.25, 0.3) is 0 Å². The van der Waals surface area contributed by atoms with E-state index in [0.29, 0.717) is 6.54 Å². The zero-order valence-electron chi connectivity index (χ0n) is 7.74. The van der Waals surface area contributed by atoms with E-state index in [-0.39, 0.29) is 5.69 Å². The minimum atomic E-state index is -0.988. The quantitative estimate of drug-likeness (QED) is 0.701. The van der Waals surface area contributed by atoms with Crippen LogP contribution in [0.3, 0.4) is 0 Å². The molecule has 0 aromatic carbocycles. The molecule has 0 unspecified atom stereocenters. The Labute approximate surface area is 76.4 Å². The van der Waals surface area contributed by atoms with Crippen LogP contribution in [0.1, 0.15) is 23.2 Å². The zero-order chi connectivity index (χ0) is 9.84. The van der Waals surface area contributed by atoms with Crippen molar-refractivity contribution >= 4 is 5.97 Å². The van der Waals surface area contributed by atoms with Gasteiger partial charge in [0.1, 0.15) is 5.82 Å². The van der Waals surface area contributed by atoms with Crippen LogP contribution >= 0.6 is 0 Å². The predicted molar refractivity (Wildman–Crippen MR) is 47.5 cm³/mol. The number of aryl methyl sites for hydroxylation is 1. The molecule has 0 bridgehead atoms. The fourth-order valence-electron chi connectivity index (χ4n) is 1.01. The molecule has 13 heavy (non-hydrogen) atoms. The van der Waals surface area contributed by atoms with Gasteiger partial charge >= 0.3 is 5.97 Å². The molecule has 72 valence electrons. The molecule has 0 aliphatic rings. The van der Waals surface area contributed by atoms with Crippen LogP contribution in [0.25, 0.3) is 0 Å². The summed E-state index contributed by atoms with van der Waals surface area (Å²) in [5, 5.41) is 11.7. The van der Waals surface area contributed by atoms with Crippen LogP contribution in [-0.4, -0.2) is 27.2 Å². The summed E-state index contributed by atoms with van der Waals surface area (Å²) in [6, 6.07) is 0. The predicted octanol–water partition coefficient (Wildman–Crippen LogP) is 0.228. The van der Waals surface area contributed by atoms with Crippen LogP contribution in [0.15, 0.2) is 6.20 Å². The summed E-state index contributed by atoms with van der Waals surface area (Å²) >= 11 is 0. The molecular weight excluding hydrogens is 170 g/mol. The number of nitrogens with zero attached hydrogens (tertiary/aromatic N) is 2. The molecule has 1 rings (SSSR count). The van der Waals surface area contributed by atoms with E-state index in [2.05, 4.69) is 10.3 Å². The number of imidazole rings is 1. The second kappa shape index (κ2) is 4.04. The maximum Gasteiger partial charge on any atom is 0.356 e. The molecule has 5 heteroatoms. The summed E-state index contributed by atoms with van der Waals surface area (Å²) in [4.78, 5) is 14.5. The number of rotatable bonds is 4. The van der Waals surface area contributed by atoms with Gasteiger partial charge in [-0.2, -0.15) is 0 Å². The Morgan fingerprint density at radius 2 is 2.46 bits per heavy atom. The molecule has 0 saturated carbocycles. The van der Waals surface area contributed by atoms with E-state index in [9.17, 15) is 4.79 Å². The minimum absolute atomic E-state index is 0.0930. The molecule has 0 aliphatic heterocycles. The Kier molecular flexibility index (Phi) is 3.02. The number of carboxylic acids is 1. The maximum absolute atomic E-state index is 10.5. The van der Waals surface area contributed by atoms with Gasteiger partial charge in [0, 0.05) is 13.2 Å². The average Bonchev–Trinajstić information content (AvgIpc) is 2.44. The molecule has 0 amide bonds. The summed E-state index contributed by atoms with van der Waals surface area (Å²) in [6.45, 7) is 3.43. The van der Waals surface area contributed by atoms with Crippen molar-refractivity contribution in [1.82, 2.24) is 14.9 Å². The summed E-state index contributed by atoms with van der Waals surface area (Å²) in [5.41, 5.74) is 0.0930. The van der Waals surface area contributed by atoms with Crippen molar-refractivity contribution < 1.29 is 9.90 Å². The Balaban J connectivity index is 2.77. The zero-order valence-corrected chi connectivity index (χ0v) is 7.74. The van der Waals surface area contributed by atoms with Gasteiger partial charge in [0.05, 0.1) is 6.54 Å². The Morgan fingerprint density at radius 3 is 2.92 bits per heavy atom. The number of aromatic nitrogens is 2.